The number of nitrogens with one attached hydrogen (secondary N) is 1. The van der Waals surface area contributed by atoms with Gasteiger partial charge in [-0.3, -0.25) is 4.79 Å². The van der Waals surface area contributed by atoms with E-state index in [9.17, 15) is 9.59 Å². The van der Waals surface area contributed by atoms with Crippen LogP contribution in [0.4, 0.5) is 5.69 Å². The van der Waals surface area contributed by atoms with Crippen LogP contribution in [0.15, 0.2) is 24.3 Å². The molecular formula is C19H20ClNO3S. The van der Waals surface area contributed by atoms with E-state index in [4.69, 9.17) is 16.3 Å². The van der Waals surface area contributed by atoms with Gasteiger partial charge in [0.05, 0.1) is 0 Å². The minimum Gasteiger partial charge on any atom is -0.451 e. The Morgan fingerprint density at radius 1 is 1.24 bits per heavy atom. The first-order chi connectivity index (χ1) is 12.0. The fourth-order valence-electron chi connectivity index (χ4n) is 2.90. The molecule has 132 valence electrons. The molecule has 0 saturated heterocycles. The van der Waals surface area contributed by atoms with E-state index in [1.165, 1.54) is 41.0 Å². The van der Waals surface area contributed by atoms with Gasteiger partial charge < -0.3 is 10.1 Å². The Bertz CT molecular complexity index is 776. The highest BCUT2D eigenvalue weighted by Crippen LogP contribution is 2.29. The maximum atomic E-state index is 12.2. The van der Waals surface area contributed by atoms with Crippen LogP contribution < -0.4 is 5.32 Å². The number of anilines is 1. The lowest BCUT2D eigenvalue weighted by atomic mass is 10.1. The number of hydrogen-bond acceptors (Lipinski definition) is 4. The second-order valence-corrected chi connectivity index (χ2v) is 7.70. The van der Waals surface area contributed by atoms with Crippen LogP contribution in [0.2, 0.25) is 5.02 Å². The van der Waals surface area contributed by atoms with E-state index in [-0.39, 0.29) is 12.5 Å². The Labute approximate surface area is 156 Å². The van der Waals surface area contributed by atoms with Crippen molar-refractivity contribution in [2.75, 3.05) is 11.9 Å². The number of thiophene rings is 1. The highest BCUT2D eigenvalue weighted by atomic mass is 35.5. The summed E-state index contributed by atoms with van der Waals surface area (Å²) >= 11 is 7.52. The van der Waals surface area contributed by atoms with Crippen molar-refractivity contribution in [3.63, 3.8) is 0 Å². The first kappa shape index (κ1) is 18.0. The van der Waals surface area contributed by atoms with Gasteiger partial charge in [0.2, 0.25) is 0 Å². The summed E-state index contributed by atoms with van der Waals surface area (Å²) in [7, 11) is 0. The summed E-state index contributed by atoms with van der Waals surface area (Å²) in [4.78, 5) is 26.1. The van der Waals surface area contributed by atoms with Crippen molar-refractivity contribution in [2.24, 2.45) is 0 Å². The molecule has 25 heavy (non-hydrogen) atoms. The molecule has 0 aliphatic heterocycles. The summed E-state index contributed by atoms with van der Waals surface area (Å²) in [5, 5.41) is 3.30. The van der Waals surface area contributed by atoms with Crippen LogP contribution in [0.1, 0.15) is 44.9 Å². The molecule has 3 rings (SSSR count). The molecule has 1 aliphatic rings. The van der Waals surface area contributed by atoms with E-state index in [1.807, 2.05) is 13.0 Å². The van der Waals surface area contributed by atoms with Crippen LogP contribution in [0, 0.1) is 6.92 Å². The third-order valence-corrected chi connectivity index (χ3v) is 5.95. The summed E-state index contributed by atoms with van der Waals surface area (Å²) in [6, 6.07) is 7.20. The van der Waals surface area contributed by atoms with E-state index in [2.05, 4.69) is 5.32 Å². The van der Waals surface area contributed by atoms with Gasteiger partial charge in [-0.15, -0.1) is 11.3 Å². The summed E-state index contributed by atoms with van der Waals surface area (Å²) in [6.07, 6.45) is 5.63. The van der Waals surface area contributed by atoms with Gasteiger partial charge in [-0.1, -0.05) is 24.1 Å². The molecule has 0 radical (unpaired) electrons. The number of halogens is 1. The molecule has 1 heterocycles. The van der Waals surface area contributed by atoms with Crippen LogP contribution in [0.5, 0.6) is 0 Å². The highest BCUT2D eigenvalue weighted by Gasteiger charge is 2.18. The number of carbonyl (C=O) groups is 2. The van der Waals surface area contributed by atoms with Gasteiger partial charge in [0.15, 0.2) is 6.61 Å². The fraction of sp³-hybridized carbons (Fsp3) is 0.368. The average Bonchev–Trinajstić information content (AvgIpc) is 2.88. The first-order valence-electron chi connectivity index (χ1n) is 8.38. The first-order valence-corrected chi connectivity index (χ1v) is 9.57. The number of hydrogen-bond donors (Lipinski definition) is 1. The second kappa shape index (κ2) is 8.02. The Morgan fingerprint density at radius 2 is 2.04 bits per heavy atom. The number of benzene rings is 1. The quantitative estimate of drug-likeness (QED) is 0.616. The van der Waals surface area contributed by atoms with Gasteiger partial charge in [-0.05, 0) is 61.9 Å². The van der Waals surface area contributed by atoms with Crippen molar-refractivity contribution < 1.29 is 14.3 Å². The number of fused-ring (bicyclic) bond motifs is 1. The lowest BCUT2D eigenvalue weighted by Crippen LogP contribution is -2.21. The molecule has 1 aromatic heterocycles. The number of amides is 1. The van der Waals surface area contributed by atoms with Gasteiger partial charge in [0, 0.05) is 15.6 Å². The predicted octanol–water partition coefficient (Wildman–Crippen LogP) is 4.77. The number of carbonyl (C=O) groups excluding carboxylic acids is 2. The van der Waals surface area contributed by atoms with Crippen molar-refractivity contribution >= 4 is 40.5 Å². The molecule has 1 amide bonds. The molecular weight excluding hydrogens is 358 g/mol. The molecule has 6 heteroatoms. The molecule has 0 bridgehead atoms. The van der Waals surface area contributed by atoms with Crippen LogP contribution in [0.3, 0.4) is 0 Å². The largest absolute Gasteiger partial charge is 0.451 e. The minimum atomic E-state index is -0.434. The summed E-state index contributed by atoms with van der Waals surface area (Å²) < 4.78 is 5.17. The zero-order valence-corrected chi connectivity index (χ0v) is 15.6. The number of esters is 1. The van der Waals surface area contributed by atoms with Gasteiger partial charge in [-0.2, -0.15) is 0 Å². The Morgan fingerprint density at radius 3 is 2.88 bits per heavy atom. The van der Waals surface area contributed by atoms with Gasteiger partial charge in [0.25, 0.3) is 5.91 Å². The lowest BCUT2D eigenvalue weighted by molar-refractivity contribution is -0.119. The molecule has 1 aliphatic carbocycles. The van der Waals surface area contributed by atoms with Crippen LogP contribution in [0.25, 0.3) is 0 Å². The second-order valence-electron chi connectivity index (χ2n) is 6.16. The molecule has 0 atom stereocenters. The maximum Gasteiger partial charge on any atom is 0.348 e. The van der Waals surface area contributed by atoms with Crippen molar-refractivity contribution in [3.8, 4) is 0 Å². The Hall–Kier alpha value is -1.85. The van der Waals surface area contributed by atoms with Crippen molar-refractivity contribution in [1.82, 2.24) is 0 Å². The van der Waals surface area contributed by atoms with Gasteiger partial charge in [0.1, 0.15) is 4.88 Å². The van der Waals surface area contributed by atoms with Crippen molar-refractivity contribution in [3.05, 3.63) is 50.2 Å². The number of rotatable bonds is 4. The molecule has 4 nitrogen and oxygen atoms in total. The number of aryl methyl sites for hydroxylation is 2. The summed E-state index contributed by atoms with van der Waals surface area (Å²) in [5.41, 5.74) is 2.66. The highest BCUT2D eigenvalue weighted by molar-refractivity contribution is 7.14. The molecule has 2 aromatic rings. The van der Waals surface area contributed by atoms with Crippen LogP contribution in [-0.4, -0.2) is 18.5 Å². The smallest absolute Gasteiger partial charge is 0.348 e. The zero-order chi connectivity index (χ0) is 17.8. The van der Waals surface area contributed by atoms with E-state index in [1.54, 1.807) is 18.2 Å². The van der Waals surface area contributed by atoms with Gasteiger partial charge >= 0.3 is 5.97 Å². The van der Waals surface area contributed by atoms with E-state index in [0.29, 0.717) is 15.6 Å². The third-order valence-electron chi connectivity index (χ3n) is 4.32. The molecule has 1 N–H and O–H groups in total. The van der Waals surface area contributed by atoms with Crippen LogP contribution in [-0.2, 0) is 22.4 Å². The number of ether oxygens (including phenoxy) is 1. The van der Waals surface area contributed by atoms with E-state index >= 15 is 0 Å². The standard InChI is InChI=1S/C19H20ClNO3S/c1-12-14(20)7-5-8-15(12)21-18(22)11-24-19(23)17-10-13-6-3-2-4-9-16(13)25-17/h5,7-8,10H,2-4,6,9,11H2,1H3,(H,21,22). The monoisotopic (exact) mass is 377 g/mol. The van der Waals surface area contributed by atoms with E-state index < -0.39 is 5.97 Å². The average molecular weight is 378 g/mol. The fourth-order valence-corrected chi connectivity index (χ4v) is 4.22. The summed E-state index contributed by atoms with van der Waals surface area (Å²) in [6.45, 7) is 1.51. The maximum absolute atomic E-state index is 12.2. The molecule has 0 spiro atoms. The topological polar surface area (TPSA) is 55.4 Å². The molecule has 1 aromatic carbocycles. The lowest BCUT2D eigenvalue weighted by Gasteiger charge is -2.09. The van der Waals surface area contributed by atoms with E-state index in [0.717, 1.165) is 18.4 Å². The normalized spacial score (nSPS) is 13.7. The van der Waals surface area contributed by atoms with Crippen LogP contribution >= 0.6 is 22.9 Å². The third kappa shape index (κ3) is 4.41. The van der Waals surface area contributed by atoms with Crippen molar-refractivity contribution in [1.29, 1.82) is 0 Å². The minimum absolute atomic E-state index is 0.312. The SMILES string of the molecule is Cc1c(Cl)cccc1NC(=O)COC(=O)c1cc2c(s1)CCCCC2. The van der Waals surface area contributed by atoms with Gasteiger partial charge in [-0.25, -0.2) is 4.79 Å². The predicted molar refractivity (Wildman–Crippen MR) is 101 cm³/mol. The molecule has 0 unspecified atom stereocenters. The zero-order valence-electron chi connectivity index (χ0n) is 14.1. The van der Waals surface area contributed by atoms with Crippen molar-refractivity contribution in [2.45, 2.75) is 39.0 Å². The molecule has 0 fully saturated rings. The Balaban J connectivity index is 1.57. The summed E-state index contributed by atoms with van der Waals surface area (Å²) in [5.74, 6) is -0.812. The Kier molecular flexibility index (Phi) is 5.76. The molecule has 0 saturated carbocycles.